The number of ether oxygens (including phenoxy) is 2. The average Bonchev–Trinajstić information content (AvgIpc) is 2.66. The number of benzene rings is 2. The maximum Gasteiger partial charge on any atom is 0.186 e. The summed E-state index contributed by atoms with van der Waals surface area (Å²) >= 11 is 6.33. The number of rotatable bonds is 5. The van der Waals surface area contributed by atoms with Crippen molar-refractivity contribution >= 4 is 11.6 Å². The van der Waals surface area contributed by atoms with Gasteiger partial charge >= 0.3 is 0 Å². The fraction of sp³-hybridized carbons (Fsp3) is 0.400. The molecule has 2 aromatic rings. The van der Waals surface area contributed by atoms with Crippen molar-refractivity contribution in [1.82, 2.24) is 0 Å². The summed E-state index contributed by atoms with van der Waals surface area (Å²) < 4.78 is 10.7. The highest BCUT2D eigenvalue weighted by atomic mass is 35.5. The molecule has 3 rings (SSSR count). The summed E-state index contributed by atoms with van der Waals surface area (Å²) in [6, 6.07) is 12.6. The highest BCUT2D eigenvalue weighted by Gasteiger charge is 2.42. The van der Waals surface area contributed by atoms with E-state index in [1.807, 2.05) is 18.2 Å². The van der Waals surface area contributed by atoms with Crippen molar-refractivity contribution in [2.24, 2.45) is 0 Å². The molecule has 1 aliphatic rings. The molecular weight excluding hydrogens is 372 g/mol. The Morgan fingerprint density at radius 3 is 2.37 bits per heavy atom. The van der Waals surface area contributed by atoms with Gasteiger partial charge in [-0.15, -0.1) is 0 Å². The smallest absolute Gasteiger partial charge is 0.186 e. The first-order valence-corrected chi connectivity index (χ1v) is 9.09. The molecule has 0 bridgehead atoms. The molecule has 0 spiro atoms. The third-order valence-corrected chi connectivity index (χ3v) is 5.17. The van der Waals surface area contributed by atoms with Gasteiger partial charge in [0.05, 0.1) is 6.10 Å². The number of aliphatic hydroxyl groups is 4. The summed E-state index contributed by atoms with van der Waals surface area (Å²) in [6.07, 6.45) is -4.46. The number of hydrogen-bond donors (Lipinski definition) is 4. The molecule has 146 valence electrons. The highest BCUT2D eigenvalue weighted by molar-refractivity contribution is 6.31. The maximum absolute atomic E-state index is 10.3. The molecule has 1 heterocycles. The summed E-state index contributed by atoms with van der Waals surface area (Å²) in [6.45, 7) is 1.27. The van der Waals surface area contributed by atoms with Gasteiger partial charge in [-0.1, -0.05) is 35.9 Å². The van der Waals surface area contributed by atoms with Gasteiger partial charge in [0, 0.05) is 5.02 Å². The van der Waals surface area contributed by atoms with Crippen molar-refractivity contribution in [3.05, 3.63) is 64.2 Å². The normalized spacial score (nSPS) is 28.1. The molecule has 1 fully saturated rings. The van der Waals surface area contributed by atoms with Crippen molar-refractivity contribution in [2.75, 3.05) is 6.79 Å². The SMILES string of the molecule is C[C@H]1O[C@@H](c2ccc(Cl)c(Cc3ccc(OCO)cc3)c2)[C@H](O)[C@@H](O)[C@@H]1O. The fourth-order valence-corrected chi connectivity index (χ4v) is 3.42. The van der Waals surface area contributed by atoms with Crippen LogP contribution in [0.4, 0.5) is 0 Å². The second-order valence-corrected chi connectivity index (χ2v) is 7.09. The average molecular weight is 395 g/mol. The lowest BCUT2D eigenvalue weighted by Gasteiger charge is -2.39. The lowest BCUT2D eigenvalue weighted by atomic mass is 9.90. The second-order valence-electron chi connectivity index (χ2n) is 6.68. The van der Waals surface area contributed by atoms with E-state index < -0.39 is 30.5 Å². The first kappa shape index (κ1) is 20.1. The van der Waals surface area contributed by atoms with E-state index in [1.165, 1.54) is 0 Å². The van der Waals surface area contributed by atoms with Gasteiger partial charge in [-0.2, -0.15) is 0 Å². The zero-order valence-corrected chi connectivity index (χ0v) is 15.6. The molecule has 5 atom stereocenters. The van der Waals surface area contributed by atoms with Gasteiger partial charge < -0.3 is 29.9 Å². The van der Waals surface area contributed by atoms with Crippen LogP contribution in [0.5, 0.6) is 5.75 Å². The van der Waals surface area contributed by atoms with Crippen molar-refractivity contribution in [3.8, 4) is 5.75 Å². The quantitative estimate of drug-likeness (QED) is 0.577. The van der Waals surface area contributed by atoms with Crippen LogP contribution in [0.2, 0.25) is 5.02 Å². The van der Waals surface area contributed by atoms with E-state index in [0.717, 1.165) is 11.1 Å². The van der Waals surface area contributed by atoms with E-state index in [0.29, 0.717) is 22.8 Å². The third kappa shape index (κ3) is 4.43. The predicted molar refractivity (Wildman–Crippen MR) is 99.7 cm³/mol. The first-order chi connectivity index (χ1) is 12.9. The molecule has 1 saturated heterocycles. The lowest BCUT2D eigenvalue weighted by molar-refractivity contribution is -0.219. The topological polar surface area (TPSA) is 99.4 Å². The zero-order chi connectivity index (χ0) is 19.6. The minimum Gasteiger partial charge on any atom is -0.468 e. The summed E-state index contributed by atoms with van der Waals surface area (Å²) in [5, 5.41) is 39.6. The molecule has 2 aromatic carbocycles. The Balaban J connectivity index is 1.82. The van der Waals surface area contributed by atoms with Gasteiger partial charge in [-0.3, -0.25) is 0 Å². The Morgan fingerprint density at radius 1 is 1.00 bits per heavy atom. The van der Waals surface area contributed by atoms with E-state index in [-0.39, 0.29) is 6.79 Å². The largest absolute Gasteiger partial charge is 0.468 e. The number of halogens is 1. The Morgan fingerprint density at radius 2 is 1.70 bits per heavy atom. The van der Waals surface area contributed by atoms with Crippen LogP contribution in [0.1, 0.15) is 29.7 Å². The third-order valence-electron chi connectivity index (χ3n) is 4.80. The lowest BCUT2D eigenvalue weighted by Crippen LogP contribution is -2.53. The van der Waals surface area contributed by atoms with Crippen LogP contribution < -0.4 is 4.74 Å². The monoisotopic (exact) mass is 394 g/mol. The molecule has 1 aliphatic heterocycles. The minimum atomic E-state index is -1.28. The van der Waals surface area contributed by atoms with E-state index in [4.69, 9.17) is 26.2 Å². The van der Waals surface area contributed by atoms with Crippen molar-refractivity contribution < 1.29 is 29.9 Å². The van der Waals surface area contributed by atoms with Crippen LogP contribution in [0.15, 0.2) is 42.5 Å². The van der Waals surface area contributed by atoms with Gasteiger partial charge in [-0.05, 0) is 48.2 Å². The molecule has 0 radical (unpaired) electrons. The molecule has 0 unspecified atom stereocenters. The van der Waals surface area contributed by atoms with Crippen LogP contribution in [-0.2, 0) is 11.2 Å². The second kappa shape index (κ2) is 8.56. The molecule has 7 heteroatoms. The van der Waals surface area contributed by atoms with Crippen LogP contribution >= 0.6 is 11.6 Å². The maximum atomic E-state index is 10.3. The Labute approximate surface area is 162 Å². The van der Waals surface area contributed by atoms with Gasteiger partial charge in [0.15, 0.2) is 6.79 Å². The summed E-state index contributed by atoms with van der Waals surface area (Å²) in [5.74, 6) is 0.571. The van der Waals surface area contributed by atoms with Gasteiger partial charge in [0.1, 0.15) is 30.2 Å². The van der Waals surface area contributed by atoms with Gasteiger partial charge in [0.25, 0.3) is 0 Å². The summed E-state index contributed by atoms with van der Waals surface area (Å²) in [4.78, 5) is 0. The van der Waals surface area contributed by atoms with Crippen molar-refractivity contribution in [1.29, 1.82) is 0 Å². The van der Waals surface area contributed by atoms with E-state index in [9.17, 15) is 15.3 Å². The van der Waals surface area contributed by atoms with Crippen LogP contribution in [0, 0.1) is 0 Å². The van der Waals surface area contributed by atoms with E-state index >= 15 is 0 Å². The van der Waals surface area contributed by atoms with E-state index in [2.05, 4.69) is 0 Å². The number of hydrogen-bond acceptors (Lipinski definition) is 6. The molecule has 0 aromatic heterocycles. The molecule has 0 saturated carbocycles. The summed E-state index contributed by atoms with van der Waals surface area (Å²) in [7, 11) is 0. The molecule has 0 amide bonds. The highest BCUT2D eigenvalue weighted by Crippen LogP contribution is 2.34. The summed E-state index contributed by atoms with van der Waals surface area (Å²) in [5.41, 5.74) is 2.52. The minimum absolute atomic E-state index is 0.379. The van der Waals surface area contributed by atoms with Crippen LogP contribution in [0.3, 0.4) is 0 Å². The Kier molecular flexibility index (Phi) is 6.37. The van der Waals surface area contributed by atoms with Gasteiger partial charge in [0.2, 0.25) is 0 Å². The predicted octanol–water partition coefficient (Wildman–Crippen LogP) is 1.80. The molecule has 6 nitrogen and oxygen atoms in total. The first-order valence-electron chi connectivity index (χ1n) is 8.71. The Hall–Kier alpha value is -1.67. The van der Waals surface area contributed by atoms with Gasteiger partial charge in [-0.25, -0.2) is 0 Å². The number of aliphatic hydroxyl groups excluding tert-OH is 4. The Bertz CT molecular complexity index is 766. The molecule has 0 aliphatic carbocycles. The van der Waals surface area contributed by atoms with Crippen LogP contribution in [0.25, 0.3) is 0 Å². The van der Waals surface area contributed by atoms with Crippen molar-refractivity contribution in [2.45, 2.75) is 43.9 Å². The molecule has 4 N–H and O–H groups in total. The molecule has 27 heavy (non-hydrogen) atoms. The zero-order valence-electron chi connectivity index (χ0n) is 14.8. The standard InChI is InChI=1S/C20H23ClO6/c1-11-17(23)18(24)19(25)20(27-11)13-4-7-16(21)14(9-13)8-12-2-5-15(6-3-12)26-10-22/h2-7,9,11,17-20,22-25H,8,10H2,1H3/t11-,17-,18+,19-,20+/m1/s1. The van der Waals surface area contributed by atoms with Crippen molar-refractivity contribution in [3.63, 3.8) is 0 Å². The fourth-order valence-electron chi connectivity index (χ4n) is 3.23. The van der Waals surface area contributed by atoms with Crippen LogP contribution in [-0.4, -0.2) is 51.6 Å². The van der Waals surface area contributed by atoms with E-state index in [1.54, 1.807) is 31.2 Å². The molecular formula is C20H23ClO6.